The van der Waals surface area contributed by atoms with Crippen molar-refractivity contribution in [1.82, 2.24) is 9.55 Å². The van der Waals surface area contributed by atoms with E-state index in [1.54, 1.807) is 11.6 Å². The first-order valence-electron chi connectivity index (χ1n) is 6.45. The Morgan fingerprint density at radius 1 is 1.32 bits per heavy atom. The van der Waals surface area contributed by atoms with Crippen LogP contribution in [0, 0.1) is 5.92 Å². The summed E-state index contributed by atoms with van der Waals surface area (Å²) in [5, 5.41) is 0. The van der Waals surface area contributed by atoms with Crippen molar-refractivity contribution in [2.24, 2.45) is 13.0 Å². The minimum Gasteiger partial charge on any atom is -0.308 e. The van der Waals surface area contributed by atoms with Gasteiger partial charge in [0.15, 0.2) is 0 Å². The molecule has 0 spiro atoms. The third-order valence-electron chi connectivity index (χ3n) is 3.05. The average molecular weight is 258 g/mol. The number of ketones is 1. The smallest absolute Gasteiger partial charge is 0.272 e. The zero-order chi connectivity index (χ0) is 14.0. The summed E-state index contributed by atoms with van der Waals surface area (Å²) in [5.74, 6) is 0.367. The van der Waals surface area contributed by atoms with Gasteiger partial charge in [-0.25, -0.2) is 4.98 Å². The van der Waals surface area contributed by atoms with Crippen LogP contribution in [0.1, 0.15) is 26.0 Å². The van der Waals surface area contributed by atoms with E-state index in [1.807, 2.05) is 38.1 Å². The highest BCUT2D eigenvalue weighted by Gasteiger charge is 2.13. The highest BCUT2D eigenvalue weighted by Crippen LogP contribution is 2.10. The Labute approximate surface area is 112 Å². The SMILES string of the molecule is CC(C)CC(=O)Cc1nc2ccccc2n(C)c1=O. The molecule has 0 aliphatic heterocycles. The van der Waals surface area contributed by atoms with E-state index in [9.17, 15) is 9.59 Å². The summed E-state index contributed by atoms with van der Waals surface area (Å²) in [7, 11) is 1.71. The molecule has 0 amide bonds. The van der Waals surface area contributed by atoms with Gasteiger partial charge in [0.05, 0.1) is 17.5 Å². The highest BCUT2D eigenvalue weighted by atomic mass is 16.1. The Bertz CT molecular complexity index is 671. The van der Waals surface area contributed by atoms with Crippen LogP contribution in [-0.2, 0) is 18.3 Å². The lowest BCUT2D eigenvalue weighted by molar-refractivity contribution is -0.119. The van der Waals surface area contributed by atoms with Gasteiger partial charge in [0.25, 0.3) is 5.56 Å². The van der Waals surface area contributed by atoms with Crippen LogP contribution in [0.3, 0.4) is 0 Å². The molecule has 0 N–H and O–H groups in total. The van der Waals surface area contributed by atoms with E-state index in [-0.39, 0.29) is 17.8 Å². The number of hydrogen-bond acceptors (Lipinski definition) is 3. The van der Waals surface area contributed by atoms with Crippen molar-refractivity contribution >= 4 is 16.8 Å². The summed E-state index contributed by atoms with van der Waals surface area (Å²) in [5.41, 5.74) is 1.69. The van der Waals surface area contributed by atoms with Crippen LogP contribution >= 0.6 is 0 Å². The fraction of sp³-hybridized carbons (Fsp3) is 0.400. The zero-order valence-electron chi connectivity index (χ0n) is 11.5. The number of para-hydroxylation sites is 2. The lowest BCUT2D eigenvalue weighted by Gasteiger charge is -2.08. The van der Waals surface area contributed by atoms with E-state index >= 15 is 0 Å². The van der Waals surface area contributed by atoms with Crippen LogP contribution in [0.2, 0.25) is 0 Å². The molecule has 2 rings (SSSR count). The van der Waals surface area contributed by atoms with Crippen LogP contribution in [0.4, 0.5) is 0 Å². The minimum atomic E-state index is -0.184. The monoisotopic (exact) mass is 258 g/mol. The van der Waals surface area contributed by atoms with Gasteiger partial charge >= 0.3 is 0 Å². The molecule has 0 atom stereocenters. The average Bonchev–Trinajstić information content (AvgIpc) is 2.34. The van der Waals surface area contributed by atoms with Gasteiger partial charge in [0.1, 0.15) is 11.5 Å². The van der Waals surface area contributed by atoms with Crippen molar-refractivity contribution in [2.75, 3.05) is 0 Å². The molecule has 0 bridgehead atoms. The van der Waals surface area contributed by atoms with E-state index in [4.69, 9.17) is 0 Å². The summed E-state index contributed by atoms with van der Waals surface area (Å²) in [6, 6.07) is 7.45. The Hall–Kier alpha value is -1.97. The van der Waals surface area contributed by atoms with Crippen molar-refractivity contribution < 1.29 is 4.79 Å². The third-order valence-corrected chi connectivity index (χ3v) is 3.05. The molecule has 19 heavy (non-hydrogen) atoms. The third kappa shape index (κ3) is 2.89. The van der Waals surface area contributed by atoms with Crippen LogP contribution in [-0.4, -0.2) is 15.3 Å². The molecule has 4 heteroatoms. The molecular formula is C15H18N2O2. The number of Topliss-reactive ketones (excluding diaryl/α,β-unsaturated/α-hetero) is 1. The van der Waals surface area contributed by atoms with Crippen molar-refractivity contribution in [1.29, 1.82) is 0 Å². The minimum absolute atomic E-state index is 0.0647. The van der Waals surface area contributed by atoms with Crippen LogP contribution in [0.25, 0.3) is 11.0 Å². The summed E-state index contributed by atoms with van der Waals surface area (Å²) >= 11 is 0. The lowest BCUT2D eigenvalue weighted by atomic mass is 10.0. The molecule has 1 aromatic carbocycles. The maximum Gasteiger partial charge on any atom is 0.272 e. The van der Waals surface area contributed by atoms with Gasteiger partial charge in [-0.05, 0) is 18.1 Å². The van der Waals surface area contributed by atoms with Crippen LogP contribution in [0.5, 0.6) is 0 Å². The molecule has 0 saturated carbocycles. The molecule has 0 aliphatic rings. The van der Waals surface area contributed by atoms with E-state index in [0.717, 1.165) is 11.0 Å². The Morgan fingerprint density at radius 2 is 2.00 bits per heavy atom. The van der Waals surface area contributed by atoms with Gasteiger partial charge in [0.2, 0.25) is 0 Å². The number of aryl methyl sites for hydroxylation is 1. The maximum atomic E-state index is 12.2. The molecule has 2 aromatic rings. The molecule has 0 radical (unpaired) electrons. The van der Waals surface area contributed by atoms with E-state index < -0.39 is 0 Å². The topological polar surface area (TPSA) is 52.0 Å². The van der Waals surface area contributed by atoms with E-state index in [2.05, 4.69) is 4.98 Å². The fourth-order valence-electron chi connectivity index (χ4n) is 2.17. The first-order valence-corrected chi connectivity index (χ1v) is 6.45. The summed E-state index contributed by atoms with van der Waals surface area (Å²) in [6.07, 6.45) is 0.605. The number of rotatable bonds is 4. The van der Waals surface area contributed by atoms with Gasteiger partial charge in [-0.2, -0.15) is 0 Å². The summed E-state index contributed by atoms with van der Waals surface area (Å²) in [6.45, 7) is 3.98. The van der Waals surface area contributed by atoms with E-state index in [1.165, 1.54) is 0 Å². The van der Waals surface area contributed by atoms with Gasteiger partial charge in [-0.3, -0.25) is 9.59 Å². The van der Waals surface area contributed by atoms with Crippen LogP contribution < -0.4 is 5.56 Å². The largest absolute Gasteiger partial charge is 0.308 e. The predicted octanol–water partition coefficient (Wildman–Crippen LogP) is 2.09. The molecule has 1 heterocycles. The van der Waals surface area contributed by atoms with Crippen molar-refractivity contribution in [2.45, 2.75) is 26.7 Å². The fourth-order valence-corrected chi connectivity index (χ4v) is 2.17. The first-order chi connectivity index (χ1) is 8.99. The summed E-state index contributed by atoms with van der Waals surface area (Å²) in [4.78, 5) is 28.3. The molecule has 0 unspecified atom stereocenters. The number of hydrogen-bond donors (Lipinski definition) is 0. The highest BCUT2D eigenvalue weighted by molar-refractivity contribution is 5.81. The predicted molar refractivity (Wildman–Crippen MR) is 75.2 cm³/mol. The molecule has 1 aromatic heterocycles. The number of carbonyl (C=O) groups excluding carboxylic acids is 1. The number of carbonyl (C=O) groups is 1. The second-order valence-corrected chi connectivity index (χ2v) is 5.22. The van der Waals surface area contributed by atoms with Gasteiger partial charge in [0, 0.05) is 13.5 Å². The zero-order valence-corrected chi connectivity index (χ0v) is 11.5. The number of fused-ring (bicyclic) bond motifs is 1. The van der Waals surface area contributed by atoms with Crippen LogP contribution in [0.15, 0.2) is 29.1 Å². The molecule has 100 valence electrons. The normalized spacial score (nSPS) is 11.2. The van der Waals surface area contributed by atoms with Gasteiger partial charge in [-0.1, -0.05) is 26.0 Å². The maximum absolute atomic E-state index is 12.2. The van der Waals surface area contributed by atoms with Gasteiger partial charge < -0.3 is 4.57 Å². The van der Waals surface area contributed by atoms with Crippen molar-refractivity contribution in [3.05, 3.63) is 40.3 Å². The number of nitrogens with zero attached hydrogens (tertiary/aromatic N) is 2. The summed E-state index contributed by atoms with van der Waals surface area (Å²) < 4.78 is 1.56. The Morgan fingerprint density at radius 3 is 2.68 bits per heavy atom. The lowest BCUT2D eigenvalue weighted by Crippen LogP contribution is -2.25. The number of aromatic nitrogens is 2. The second-order valence-electron chi connectivity index (χ2n) is 5.22. The molecule has 0 saturated heterocycles. The molecule has 0 aliphatic carbocycles. The molecule has 0 fully saturated rings. The van der Waals surface area contributed by atoms with E-state index in [0.29, 0.717) is 18.0 Å². The molecule has 4 nitrogen and oxygen atoms in total. The first kappa shape index (κ1) is 13.5. The quantitative estimate of drug-likeness (QED) is 0.843. The van der Waals surface area contributed by atoms with Gasteiger partial charge in [-0.15, -0.1) is 0 Å². The van der Waals surface area contributed by atoms with Crippen molar-refractivity contribution in [3.8, 4) is 0 Å². The number of benzene rings is 1. The van der Waals surface area contributed by atoms with Crippen molar-refractivity contribution in [3.63, 3.8) is 0 Å². The standard InChI is InChI=1S/C15H18N2O2/c1-10(2)8-11(18)9-13-15(19)17(3)14-7-5-4-6-12(14)16-13/h4-7,10H,8-9H2,1-3H3. The second kappa shape index (κ2) is 5.34. The Balaban J connectivity index is 2.42. The molecular weight excluding hydrogens is 240 g/mol. The Kier molecular flexibility index (Phi) is 3.79.